The Balaban J connectivity index is 1.68. The van der Waals surface area contributed by atoms with Crippen LogP contribution in [0.15, 0.2) is 23.2 Å². The molecule has 1 aliphatic rings. The van der Waals surface area contributed by atoms with Crippen LogP contribution in [0.1, 0.15) is 25.5 Å². The number of carbonyl (C=O) groups is 1. The van der Waals surface area contributed by atoms with Gasteiger partial charge >= 0.3 is 0 Å². The van der Waals surface area contributed by atoms with E-state index in [1.807, 2.05) is 19.1 Å². The Morgan fingerprint density at radius 3 is 2.86 bits per heavy atom. The van der Waals surface area contributed by atoms with Gasteiger partial charge in [-0.15, -0.1) is 0 Å². The Morgan fingerprint density at radius 2 is 2.24 bits per heavy atom. The van der Waals surface area contributed by atoms with Crippen LogP contribution in [0.3, 0.4) is 0 Å². The molecule has 2 unspecified atom stereocenters. The van der Waals surface area contributed by atoms with E-state index in [1.54, 1.807) is 13.1 Å². The monoisotopic (exact) mass is 289 g/mol. The number of aromatic nitrogens is 1. The van der Waals surface area contributed by atoms with Crippen molar-refractivity contribution < 1.29 is 4.79 Å². The summed E-state index contributed by atoms with van der Waals surface area (Å²) in [7, 11) is 1.74. The third kappa shape index (κ3) is 5.06. The van der Waals surface area contributed by atoms with Crippen molar-refractivity contribution in [3.05, 3.63) is 23.9 Å². The summed E-state index contributed by atoms with van der Waals surface area (Å²) in [5.74, 6) is 2.00. The first-order valence-electron chi connectivity index (χ1n) is 7.29. The summed E-state index contributed by atoms with van der Waals surface area (Å²) < 4.78 is 0. The van der Waals surface area contributed by atoms with Gasteiger partial charge in [0.15, 0.2) is 5.96 Å². The van der Waals surface area contributed by atoms with Crippen molar-refractivity contribution in [2.75, 3.05) is 18.9 Å². The minimum Gasteiger partial charge on any atom is -0.356 e. The first-order valence-corrected chi connectivity index (χ1v) is 7.29. The highest BCUT2D eigenvalue weighted by Crippen LogP contribution is 2.28. The quantitative estimate of drug-likeness (QED) is 0.564. The van der Waals surface area contributed by atoms with Gasteiger partial charge in [-0.3, -0.25) is 9.79 Å². The molecule has 2 atom stereocenters. The Morgan fingerprint density at radius 1 is 1.48 bits per heavy atom. The number of anilines is 1. The van der Waals surface area contributed by atoms with Crippen LogP contribution in [0, 0.1) is 12.8 Å². The highest BCUT2D eigenvalue weighted by molar-refractivity contribution is 5.90. The summed E-state index contributed by atoms with van der Waals surface area (Å²) in [6, 6.07) is 6.07. The molecule has 0 saturated heterocycles. The van der Waals surface area contributed by atoms with Gasteiger partial charge < -0.3 is 16.0 Å². The van der Waals surface area contributed by atoms with Gasteiger partial charge in [0.05, 0.1) is 0 Å². The molecule has 2 rings (SSSR count). The van der Waals surface area contributed by atoms with E-state index in [0.717, 1.165) is 11.7 Å². The first-order chi connectivity index (χ1) is 10.1. The average molecular weight is 289 g/mol. The van der Waals surface area contributed by atoms with E-state index in [4.69, 9.17) is 0 Å². The molecular formula is C15H23N5O. The molecule has 0 aliphatic heterocycles. The van der Waals surface area contributed by atoms with E-state index in [1.165, 1.54) is 6.42 Å². The number of pyridine rings is 1. The van der Waals surface area contributed by atoms with Gasteiger partial charge in [0.2, 0.25) is 5.91 Å². The van der Waals surface area contributed by atoms with Crippen molar-refractivity contribution in [3.8, 4) is 0 Å². The summed E-state index contributed by atoms with van der Waals surface area (Å²) in [5.41, 5.74) is 0.883. The fourth-order valence-electron chi connectivity index (χ4n) is 2.01. The maximum absolute atomic E-state index is 11.8. The van der Waals surface area contributed by atoms with Gasteiger partial charge in [0, 0.05) is 31.7 Å². The average Bonchev–Trinajstić information content (AvgIpc) is 3.13. The molecule has 1 saturated carbocycles. The molecule has 1 amide bonds. The van der Waals surface area contributed by atoms with Crippen LogP contribution in [0.4, 0.5) is 5.82 Å². The maximum atomic E-state index is 11.8. The number of hydrogen-bond acceptors (Lipinski definition) is 3. The summed E-state index contributed by atoms with van der Waals surface area (Å²) in [4.78, 5) is 20.2. The second kappa shape index (κ2) is 7.06. The second-order valence-electron chi connectivity index (χ2n) is 5.43. The predicted octanol–water partition coefficient (Wildman–Crippen LogP) is 1.29. The smallest absolute Gasteiger partial charge is 0.227 e. The topological polar surface area (TPSA) is 78.4 Å². The van der Waals surface area contributed by atoms with E-state index >= 15 is 0 Å². The van der Waals surface area contributed by atoms with Crippen LogP contribution in [-0.2, 0) is 4.79 Å². The Bertz CT molecular complexity index is 529. The van der Waals surface area contributed by atoms with Crippen molar-refractivity contribution in [3.63, 3.8) is 0 Å². The predicted molar refractivity (Wildman–Crippen MR) is 84.3 cm³/mol. The van der Waals surface area contributed by atoms with Crippen molar-refractivity contribution >= 4 is 17.7 Å². The van der Waals surface area contributed by atoms with Crippen LogP contribution >= 0.6 is 0 Å². The minimum absolute atomic E-state index is 0.0594. The number of nitrogens with one attached hydrogen (secondary N) is 3. The van der Waals surface area contributed by atoms with Gasteiger partial charge in [-0.1, -0.05) is 13.0 Å². The number of aliphatic imine (C=N–C) groups is 1. The molecule has 21 heavy (non-hydrogen) atoms. The van der Waals surface area contributed by atoms with E-state index in [2.05, 4.69) is 32.9 Å². The van der Waals surface area contributed by atoms with Gasteiger partial charge in [0.25, 0.3) is 0 Å². The Labute approximate surface area is 125 Å². The molecule has 6 nitrogen and oxygen atoms in total. The first kappa shape index (κ1) is 15.3. The van der Waals surface area contributed by atoms with Crippen molar-refractivity contribution in [2.45, 2.75) is 32.7 Å². The summed E-state index contributed by atoms with van der Waals surface area (Å²) in [6.45, 7) is 4.64. The number of nitrogens with zero attached hydrogens (tertiary/aromatic N) is 2. The number of carbonyl (C=O) groups excluding carboxylic acids is 1. The van der Waals surface area contributed by atoms with E-state index in [9.17, 15) is 4.79 Å². The zero-order valence-corrected chi connectivity index (χ0v) is 12.8. The fraction of sp³-hybridized carbons (Fsp3) is 0.533. The summed E-state index contributed by atoms with van der Waals surface area (Å²) in [6.07, 6.45) is 1.55. The molecule has 1 aliphatic carbocycles. The summed E-state index contributed by atoms with van der Waals surface area (Å²) in [5, 5.41) is 9.25. The molecule has 0 aromatic carbocycles. The van der Waals surface area contributed by atoms with E-state index < -0.39 is 0 Å². The van der Waals surface area contributed by atoms with Crippen LogP contribution in [0.25, 0.3) is 0 Å². The van der Waals surface area contributed by atoms with Crippen LogP contribution < -0.4 is 16.0 Å². The van der Waals surface area contributed by atoms with Crippen LogP contribution in [-0.4, -0.2) is 36.5 Å². The summed E-state index contributed by atoms with van der Waals surface area (Å²) >= 11 is 0. The van der Waals surface area contributed by atoms with Crippen molar-refractivity contribution in [1.82, 2.24) is 15.6 Å². The molecule has 0 spiro atoms. The van der Waals surface area contributed by atoms with Gasteiger partial charge in [-0.05, 0) is 31.4 Å². The van der Waals surface area contributed by atoms with Crippen molar-refractivity contribution in [1.29, 1.82) is 0 Å². The lowest BCUT2D eigenvalue weighted by Crippen LogP contribution is -2.40. The molecule has 6 heteroatoms. The lowest BCUT2D eigenvalue weighted by molar-refractivity contribution is -0.116. The lowest BCUT2D eigenvalue weighted by atomic mass is 10.3. The Hall–Kier alpha value is -2.11. The molecule has 1 fully saturated rings. The highest BCUT2D eigenvalue weighted by Gasteiger charge is 2.33. The normalized spacial score (nSPS) is 20.8. The van der Waals surface area contributed by atoms with Crippen LogP contribution in [0.5, 0.6) is 0 Å². The molecule has 0 radical (unpaired) electrons. The number of aryl methyl sites for hydroxylation is 1. The minimum atomic E-state index is -0.0594. The number of amides is 1. The standard InChI is InChI=1S/C15H23N5O/c1-10-9-12(10)19-15(16-3)17-8-7-14(21)20-13-6-4-5-11(2)18-13/h4-6,10,12H,7-9H2,1-3H3,(H2,16,17,19)(H,18,20,21). The number of rotatable bonds is 5. The largest absolute Gasteiger partial charge is 0.356 e. The van der Waals surface area contributed by atoms with Gasteiger partial charge in [-0.25, -0.2) is 4.98 Å². The van der Waals surface area contributed by atoms with E-state index in [0.29, 0.717) is 30.7 Å². The van der Waals surface area contributed by atoms with Crippen molar-refractivity contribution in [2.24, 2.45) is 10.9 Å². The molecular weight excluding hydrogens is 266 g/mol. The highest BCUT2D eigenvalue weighted by atomic mass is 16.1. The number of guanidine groups is 1. The Kier molecular flexibility index (Phi) is 5.14. The molecule has 0 bridgehead atoms. The molecule has 3 N–H and O–H groups in total. The maximum Gasteiger partial charge on any atom is 0.227 e. The lowest BCUT2D eigenvalue weighted by Gasteiger charge is -2.11. The SMILES string of the molecule is CN=C(NCCC(=O)Nc1cccc(C)n1)NC1CC1C. The fourth-order valence-corrected chi connectivity index (χ4v) is 2.01. The van der Waals surface area contributed by atoms with Gasteiger partial charge in [-0.2, -0.15) is 0 Å². The third-order valence-electron chi connectivity index (χ3n) is 3.46. The number of hydrogen-bond donors (Lipinski definition) is 3. The van der Waals surface area contributed by atoms with Crippen LogP contribution in [0.2, 0.25) is 0 Å². The molecule has 114 valence electrons. The zero-order chi connectivity index (χ0) is 15.2. The molecule has 1 aromatic heterocycles. The molecule has 1 heterocycles. The molecule has 1 aromatic rings. The second-order valence-corrected chi connectivity index (χ2v) is 5.43. The zero-order valence-electron chi connectivity index (χ0n) is 12.8. The third-order valence-corrected chi connectivity index (χ3v) is 3.46. The van der Waals surface area contributed by atoms with E-state index in [-0.39, 0.29) is 5.91 Å². The van der Waals surface area contributed by atoms with Gasteiger partial charge in [0.1, 0.15) is 5.82 Å².